The van der Waals surface area contributed by atoms with Crippen molar-refractivity contribution in [1.29, 1.82) is 0 Å². The fourth-order valence-corrected chi connectivity index (χ4v) is 1.62. The summed E-state index contributed by atoms with van der Waals surface area (Å²) < 4.78 is 12.8. The average Bonchev–Trinajstić information content (AvgIpc) is 2.39. The Morgan fingerprint density at radius 2 is 2.44 bits per heavy atom. The molecule has 2 atom stereocenters. The molecule has 0 aromatic heterocycles. The summed E-state index contributed by atoms with van der Waals surface area (Å²) in [5.41, 5.74) is 0. The van der Waals surface area contributed by atoms with Crippen LogP contribution in [0.2, 0.25) is 0 Å². The lowest BCUT2D eigenvalue weighted by molar-refractivity contribution is 0.429. The van der Waals surface area contributed by atoms with E-state index >= 15 is 0 Å². The van der Waals surface area contributed by atoms with Gasteiger partial charge in [0.2, 0.25) is 0 Å². The quantitative estimate of drug-likeness (QED) is 0.573. The highest BCUT2D eigenvalue weighted by Crippen LogP contribution is 2.07. The van der Waals surface area contributed by atoms with Crippen molar-refractivity contribution in [2.45, 2.75) is 32.0 Å². The standard InChI is InChI=1S/C13H23FN4/c1-3-16-8-6-12(15-2)7-9-17-13-5-4-11(14)10-18-13/h5,7,9-12,15-17H,3-4,6,8H2,1-2H3/b9-7-. The van der Waals surface area contributed by atoms with Crippen LogP contribution >= 0.6 is 0 Å². The highest BCUT2D eigenvalue weighted by atomic mass is 19.1. The molecule has 1 aliphatic heterocycles. The lowest BCUT2D eigenvalue weighted by Gasteiger charge is -2.12. The molecule has 2 unspecified atom stereocenters. The molecule has 0 radical (unpaired) electrons. The molecule has 0 aliphatic carbocycles. The number of nitrogens with one attached hydrogen (secondary N) is 3. The van der Waals surface area contributed by atoms with Gasteiger partial charge in [0, 0.05) is 18.7 Å². The van der Waals surface area contributed by atoms with Crippen LogP contribution in [0.5, 0.6) is 0 Å². The van der Waals surface area contributed by atoms with E-state index in [1.807, 2.05) is 13.2 Å². The molecule has 4 nitrogen and oxygen atoms in total. The Morgan fingerprint density at radius 3 is 3.06 bits per heavy atom. The maximum atomic E-state index is 12.8. The Kier molecular flexibility index (Phi) is 7.29. The first kappa shape index (κ1) is 14.9. The van der Waals surface area contributed by atoms with Gasteiger partial charge in [0.15, 0.2) is 0 Å². The molecule has 0 saturated heterocycles. The molecular formula is C13H23FN4. The monoisotopic (exact) mass is 254 g/mol. The first-order valence-corrected chi connectivity index (χ1v) is 6.46. The number of likely N-dealkylation sites (N-methyl/N-ethyl adjacent to an activating group) is 1. The first-order chi connectivity index (χ1) is 8.76. The van der Waals surface area contributed by atoms with Crippen LogP contribution in [-0.2, 0) is 0 Å². The van der Waals surface area contributed by atoms with E-state index in [4.69, 9.17) is 0 Å². The molecule has 18 heavy (non-hydrogen) atoms. The van der Waals surface area contributed by atoms with Crippen LogP contribution in [0.25, 0.3) is 0 Å². The van der Waals surface area contributed by atoms with Crippen LogP contribution in [0, 0.1) is 0 Å². The van der Waals surface area contributed by atoms with Crippen molar-refractivity contribution in [3.05, 3.63) is 24.2 Å². The van der Waals surface area contributed by atoms with E-state index < -0.39 is 6.17 Å². The third kappa shape index (κ3) is 5.93. The predicted octanol–water partition coefficient (Wildman–Crippen LogP) is 1.33. The van der Waals surface area contributed by atoms with Gasteiger partial charge in [-0.25, -0.2) is 9.38 Å². The van der Waals surface area contributed by atoms with E-state index in [1.54, 1.807) is 6.08 Å². The summed E-state index contributed by atoms with van der Waals surface area (Å²) in [6.07, 6.45) is 7.49. The minimum absolute atomic E-state index is 0.318. The summed E-state index contributed by atoms with van der Waals surface area (Å²) in [4.78, 5) is 3.97. The topological polar surface area (TPSA) is 48.5 Å². The van der Waals surface area contributed by atoms with Gasteiger partial charge in [0.1, 0.15) is 12.0 Å². The van der Waals surface area contributed by atoms with Crippen LogP contribution in [0.1, 0.15) is 19.8 Å². The van der Waals surface area contributed by atoms with E-state index in [-0.39, 0.29) is 0 Å². The zero-order chi connectivity index (χ0) is 13.2. The summed E-state index contributed by atoms with van der Waals surface area (Å²) >= 11 is 0. The number of hydrogen-bond acceptors (Lipinski definition) is 4. The molecule has 1 heterocycles. The lowest BCUT2D eigenvalue weighted by atomic mass is 10.2. The number of alkyl halides is 1. The minimum Gasteiger partial charge on any atom is -0.347 e. The largest absolute Gasteiger partial charge is 0.347 e. The fraction of sp³-hybridized carbons (Fsp3) is 0.615. The van der Waals surface area contributed by atoms with Gasteiger partial charge in [-0.3, -0.25) is 0 Å². The summed E-state index contributed by atoms with van der Waals surface area (Å²) in [6.45, 7) is 4.07. The van der Waals surface area contributed by atoms with Crippen LogP contribution in [0.3, 0.4) is 0 Å². The summed E-state index contributed by atoms with van der Waals surface area (Å²) in [5.74, 6) is 0.710. The highest BCUT2D eigenvalue weighted by Gasteiger charge is 2.06. The van der Waals surface area contributed by atoms with Crippen LogP contribution in [0.15, 0.2) is 29.2 Å². The van der Waals surface area contributed by atoms with Crippen molar-refractivity contribution >= 4 is 6.21 Å². The Hall–Kier alpha value is -1.20. The van der Waals surface area contributed by atoms with E-state index in [0.29, 0.717) is 18.3 Å². The smallest absolute Gasteiger partial charge is 0.139 e. The van der Waals surface area contributed by atoms with E-state index in [0.717, 1.165) is 19.5 Å². The second kappa shape index (κ2) is 8.83. The Bertz CT molecular complexity index is 312. The third-order valence-electron chi connectivity index (χ3n) is 2.72. The Balaban J connectivity index is 2.27. The van der Waals surface area contributed by atoms with Gasteiger partial charge in [0.25, 0.3) is 0 Å². The number of nitrogens with zero attached hydrogens (tertiary/aromatic N) is 1. The number of allylic oxidation sites excluding steroid dienone is 1. The van der Waals surface area contributed by atoms with Gasteiger partial charge in [-0.2, -0.15) is 0 Å². The lowest BCUT2D eigenvalue weighted by Crippen LogP contribution is -2.28. The van der Waals surface area contributed by atoms with Crippen molar-refractivity contribution < 1.29 is 4.39 Å². The van der Waals surface area contributed by atoms with Crippen molar-refractivity contribution in [2.24, 2.45) is 4.99 Å². The molecule has 0 aromatic carbocycles. The molecule has 5 heteroatoms. The van der Waals surface area contributed by atoms with E-state index in [1.165, 1.54) is 6.21 Å². The molecule has 0 amide bonds. The molecular weight excluding hydrogens is 231 g/mol. The Labute approximate surface area is 108 Å². The predicted molar refractivity (Wildman–Crippen MR) is 74.4 cm³/mol. The minimum atomic E-state index is -0.940. The maximum Gasteiger partial charge on any atom is 0.139 e. The molecule has 0 aromatic rings. The number of halogens is 1. The molecule has 0 saturated carbocycles. The second-order valence-corrected chi connectivity index (χ2v) is 4.16. The van der Waals surface area contributed by atoms with Crippen molar-refractivity contribution in [2.75, 3.05) is 20.1 Å². The van der Waals surface area contributed by atoms with Crippen LogP contribution in [-0.4, -0.2) is 38.6 Å². The van der Waals surface area contributed by atoms with E-state index in [2.05, 4.69) is 33.9 Å². The summed E-state index contributed by atoms with van der Waals surface area (Å²) in [7, 11) is 1.94. The number of rotatable bonds is 8. The highest BCUT2D eigenvalue weighted by molar-refractivity contribution is 5.66. The molecule has 3 N–H and O–H groups in total. The summed E-state index contributed by atoms with van der Waals surface area (Å²) in [5, 5.41) is 9.56. The zero-order valence-corrected chi connectivity index (χ0v) is 11.1. The maximum absolute atomic E-state index is 12.8. The third-order valence-corrected chi connectivity index (χ3v) is 2.72. The zero-order valence-electron chi connectivity index (χ0n) is 11.1. The molecule has 102 valence electrons. The first-order valence-electron chi connectivity index (χ1n) is 6.46. The van der Waals surface area contributed by atoms with Crippen molar-refractivity contribution in [3.8, 4) is 0 Å². The Morgan fingerprint density at radius 1 is 1.61 bits per heavy atom. The van der Waals surface area contributed by atoms with Gasteiger partial charge < -0.3 is 16.0 Å². The van der Waals surface area contributed by atoms with Crippen LogP contribution in [0.4, 0.5) is 4.39 Å². The molecule has 1 rings (SSSR count). The summed E-state index contributed by atoms with van der Waals surface area (Å²) in [6, 6.07) is 0.318. The molecule has 0 spiro atoms. The molecule has 0 bridgehead atoms. The SMILES string of the molecule is CCNCCC(/C=C\NC1=CCC(F)C=N1)NC. The number of hydrogen-bond donors (Lipinski definition) is 3. The number of aliphatic imine (C=N–C) groups is 1. The van der Waals surface area contributed by atoms with Gasteiger partial charge in [-0.15, -0.1) is 0 Å². The van der Waals surface area contributed by atoms with Gasteiger partial charge in [0.05, 0.1) is 0 Å². The fourth-order valence-electron chi connectivity index (χ4n) is 1.62. The van der Waals surface area contributed by atoms with Gasteiger partial charge >= 0.3 is 0 Å². The van der Waals surface area contributed by atoms with E-state index in [9.17, 15) is 4.39 Å². The van der Waals surface area contributed by atoms with Crippen molar-refractivity contribution in [1.82, 2.24) is 16.0 Å². The normalized spacial score (nSPS) is 21.1. The van der Waals surface area contributed by atoms with Crippen molar-refractivity contribution in [3.63, 3.8) is 0 Å². The van der Waals surface area contributed by atoms with Gasteiger partial charge in [-0.1, -0.05) is 13.0 Å². The average molecular weight is 254 g/mol. The van der Waals surface area contributed by atoms with Gasteiger partial charge in [-0.05, 0) is 38.8 Å². The van der Waals surface area contributed by atoms with Crippen LogP contribution < -0.4 is 16.0 Å². The second-order valence-electron chi connectivity index (χ2n) is 4.16. The molecule has 0 fully saturated rings. The molecule has 1 aliphatic rings.